The maximum Gasteiger partial charge on any atom is 0.418 e. The minimum Gasteiger partial charge on any atom is -0.495 e. The summed E-state index contributed by atoms with van der Waals surface area (Å²) in [5.41, 5.74) is -0.165. The normalized spacial score (nSPS) is 22.8. The van der Waals surface area contributed by atoms with Crippen LogP contribution in [-0.2, 0) is 12.7 Å². The zero-order valence-corrected chi connectivity index (χ0v) is 20.6. The van der Waals surface area contributed by atoms with Crippen LogP contribution in [0.5, 0.6) is 5.75 Å². The number of benzene rings is 2. The van der Waals surface area contributed by atoms with Crippen molar-refractivity contribution >= 4 is 39.1 Å². The maximum atomic E-state index is 13.4. The van der Waals surface area contributed by atoms with Gasteiger partial charge in [-0.25, -0.2) is 4.98 Å². The molecular weight excluding hydrogens is 499 g/mol. The minimum atomic E-state index is -4.42. The van der Waals surface area contributed by atoms with E-state index in [-0.39, 0.29) is 29.5 Å². The van der Waals surface area contributed by atoms with Crippen molar-refractivity contribution in [1.29, 1.82) is 0 Å². The molecule has 1 aromatic heterocycles. The molecule has 1 N–H and O–H groups in total. The molecule has 5 rings (SSSR count). The Morgan fingerprint density at radius 2 is 1.97 bits per heavy atom. The number of methoxy groups -OCH3 is 1. The number of rotatable bonds is 5. The second-order valence-electron chi connectivity index (χ2n) is 9.16. The number of carbonyl (C=O) groups excluding carboxylic acids is 1. The largest absolute Gasteiger partial charge is 0.495 e. The van der Waals surface area contributed by atoms with Crippen molar-refractivity contribution in [2.75, 3.05) is 7.11 Å². The molecule has 186 valence electrons. The van der Waals surface area contributed by atoms with Crippen molar-refractivity contribution in [1.82, 2.24) is 15.2 Å². The Hall–Kier alpha value is -2.36. The molecule has 35 heavy (non-hydrogen) atoms. The van der Waals surface area contributed by atoms with Gasteiger partial charge in [-0.1, -0.05) is 24.1 Å². The van der Waals surface area contributed by atoms with Crippen LogP contribution in [0, 0.1) is 0 Å². The highest BCUT2D eigenvalue weighted by molar-refractivity contribution is 7.18. The zero-order valence-electron chi connectivity index (χ0n) is 19.1. The predicted octanol–water partition coefficient (Wildman–Crippen LogP) is 6.29. The van der Waals surface area contributed by atoms with Gasteiger partial charge in [0.15, 0.2) is 0 Å². The second-order valence-corrected chi connectivity index (χ2v) is 10.7. The lowest BCUT2D eigenvalue weighted by Crippen LogP contribution is -2.56. The van der Waals surface area contributed by atoms with Crippen LogP contribution in [0.1, 0.15) is 53.0 Å². The van der Waals surface area contributed by atoms with Crippen molar-refractivity contribution in [2.45, 2.75) is 63.0 Å². The number of carbonyl (C=O) groups is 1. The van der Waals surface area contributed by atoms with Crippen molar-refractivity contribution in [3.63, 3.8) is 0 Å². The number of ether oxygens (including phenoxy) is 1. The number of amides is 1. The van der Waals surface area contributed by atoms with Crippen LogP contribution in [0.4, 0.5) is 13.2 Å². The fourth-order valence-electron chi connectivity index (χ4n) is 5.38. The fraction of sp³-hybridized carbons (Fsp3) is 0.440. The van der Waals surface area contributed by atoms with E-state index in [1.807, 2.05) is 0 Å². The van der Waals surface area contributed by atoms with Crippen molar-refractivity contribution in [2.24, 2.45) is 0 Å². The summed E-state index contributed by atoms with van der Waals surface area (Å²) in [4.78, 5) is 19.6. The number of hydrogen-bond acceptors (Lipinski definition) is 5. The third-order valence-electron chi connectivity index (χ3n) is 6.96. The van der Waals surface area contributed by atoms with Crippen molar-refractivity contribution < 1.29 is 22.7 Å². The lowest BCUT2D eigenvalue weighted by molar-refractivity contribution is -0.136. The Kier molecular flexibility index (Phi) is 6.67. The number of nitrogens with zero attached hydrogens (tertiary/aromatic N) is 2. The Morgan fingerprint density at radius 1 is 1.23 bits per heavy atom. The van der Waals surface area contributed by atoms with Crippen LogP contribution in [0.2, 0.25) is 5.02 Å². The van der Waals surface area contributed by atoms with Crippen molar-refractivity contribution in [3.8, 4) is 5.75 Å². The molecule has 0 radical (unpaired) electrons. The summed E-state index contributed by atoms with van der Waals surface area (Å²) in [6.45, 7) is 0.529. The van der Waals surface area contributed by atoms with Gasteiger partial charge >= 0.3 is 6.18 Å². The average Bonchev–Trinajstić information content (AvgIpc) is 3.21. The van der Waals surface area contributed by atoms with E-state index in [0.717, 1.165) is 38.2 Å². The summed E-state index contributed by atoms with van der Waals surface area (Å²) in [5, 5.41) is 4.24. The molecule has 2 unspecified atom stereocenters. The summed E-state index contributed by atoms with van der Waals surface area (Å²) in [6.07, 6.45) is 0.270. The van der Waals surface area contributed by atoms with Crippen LogP contribution in [0.15, 0.2) is 36.4 Å². The zero-order chi connectivity index (χ0) is 24.7. The summed E-state index contributed by atoms with van der Waals surface area (Å²) < 4.78 is 45.9. The van der Waals surface area contributed by atoms with E-state index in [4.69, 9.17) is 16.3 Å². The number of aromatic nitrogens is 1. The number of para-hydroxylation sites is 1. The highest BCUT2D eigenvalue weighted by Gasteiger charge is 2.39. The summed E-state index contributed by atoms with van der Waals surface area (Å²) in [7, 11) is 1.52. The highest BCUT2D eigenvalue weighted by Crippen LogP contribution is 2.39. The van der Waals surface area contributed by atoms with Crippen LogP contribution < -0.4 is 10.1 Å². The molecule has 3 aromatic rings. The van der Waals surface area contributed by atoms with Crippen LogP contribution in [0.3, 0.4) is 0 Å². The van der Waals surface area contributed by atoms with E-state index in [2.05, 4.69) is 15.2 Å². The fourth-order valence-corrected chi connectivity index (χ4v) is 6.64. The lowest BCUT2D eigenvalue weighted by atomic mass is 9.81. The van der Waals surface area contributed by atoms with Gasteiger partial charge in [0.05, 0.1) is 34.5 Å². The summed E-state index contributed by atoms with van der Waals surface area (Å²) >= 11 is 7.50. The minimum absolute atomic E-state index is 0.0297. The lowest BCUT2D eigenvalue weighted by Gasteiger charge is -2.48. The molecule has 1 amide bonds. The number of thiazole rings is 1. The van der Waals surface area contributed by atoms with Gasteiger partial charge < -0.3 is 10.1 Å². The number of halogens is 4. The van der Waals surface area contributed by atoms with E-state index in [9.17, 15) is 18.0 Å². The monoisotopic (exact) mass is 523 g/mol. The first-order chi connectivity index (χ1) is 16.7. The second kappa shape index (κ2) is 9.59. The molecule has 2 aromatic carbocycles. The van der Waals surface area contributed by atoms with E-state index < -0.39 is 11.7 Å². The van der Waals surface area contributed by atoms with Gasteiger partial charge in [-0.2, -0.15) is 13.2 Å². The average molecular weight is 524 g/mol. The van der Waals surface area contributed by atoms with Gasteiger partial charge in [-0.05, 0) is 56.0 Å². The first-order valence-corrected chi connectivity index (χ1v) is 12.8. The van der Waals surface area contributed by atoms with E-state index in [1.165, 1.54) is 24.5 Å². The number of piperidine rings is 2. The third-order valence-corrected chi connectivity index (χ3v) is 8.26. The van der Waals surface area contributed by atoms with Crippen LogP contribution in [-0.4, -0.2) is 41.0 Å². The molecule has 10 heteroatoms. The Labute approximate surface area is 210 Å². The van der Waals surface area contributed by atoms with Crippen LogP contribution >= 0.6 is 22.9 Å². The van der Waals surface area contributed by atoms with Gasteiger partial charge in [0.1, 0.15) is 10.8 Å². The Bertz CT molecular complexity index is 1230. The third kappa shape index (κ3) is 4.99. The number of nitrogens with one attached hydrogen (secondary N) is 1. The number of alkyl halides is 3. The van der Waals surface area contributed by atoms with Gasteiger partial charge in [0.25, 0.3) is 5.91 Å². The smallest absolute Gasteiger partial charge is 0.418 e. The van der Waals surface area contributed by atoms with E-state index in [1.54, 1.807) is 24.3 Å². The molecule has 0 saturated carbocycles. The molecule has 5 nitrogen and oxygen atoms in total. The topological polar surface area (TPSA) is 54.5 Å². The van der Waals surface area contributed by atoms with Gasteiger partial charge in [-0.15, -0.1) is 11.3 Å². The molecule has 2 aliphatic rings. The molecule has 0 spiro atoms. The summed E-state index contributed by atoms with van der Waals surface area (Å²) in [6, 6.07) is 9.73. The molecule has 2 atom stereocenters. The van der Waals surface area contributed by atoms with Crippen molar-refractivity contribution in [3.05, 3.63) is 57.6 Å². The SMILES string of the molecule is COc1ccc(C(=O)NC2CC3CCCC(C2)N3Cc2nc3c(C(F)(F)F)cccc3s2)cc1Cl. The molecule has 0 aliphatic carbocycles. The summed E-state index contributed by atoms with van der Waals surface area (Å²) in [5.74, 6) is 0.347. The number of fused-ring (bicyclic) bond motifs is 3. The Morgan fingerprint density at radius 3 is 2.63 bits per heavy atom. The molecule has 2 fully saturated rings. The number of hydrogen-bond donors (Lipinski definition) is 1. The van der Waals surface area contributed by atoms with Gasteiger partial charge in [-0.3, -0.25) is 9.69 Å². The van der Waals surface area contributed by atoms with Crippen LogP contribution in [0.25, 0.3) is 10.2 Å². The predicted molar refractivity (Wildman–Crippen MR) is 130 cm³/mol. The molecule has 2 saturated heterocycles. The van der Waals surface area contributed by atoms with Gasteiger partial charge in [0.2, 0.25) is 0 Å². The van der Waals surface area contributed by atoms with E-state index in [0.29, 0.717) is 32.6 Å². The first kappa shape index (κ1) is 24.3. The maximum absolute atomic E-state index is 13.4. The molecule has 3 heterocycles. The standard InChI is InChI=1S/C25H25ClF3N3O2S/c1-34-20-9-8-14(10-19(20)26)24(33)30-15-11-16-4-2-5-17(12-15)32(16)13-22-31-23-18(25(27,28)29)6-3-7-21(23)35-22/h3,6-10,15-17H,2,4-5,11-13H2,1H3,(H,30,33). The molecule has 2 aliphatic heterocycles. The van der Waals surface area contributed by atoms with Gasteiger partial charge in [0, 0.05) is 23.7 Å². The van der Waals surface area contributed by atoms with E-state index >= 15 is 0 Å². The quantitative estimate of drug-likeness (QED) is 0.427. The Balaban J connectivity index is 1.29. The molecule has 2 bridgehead atoms. The first-order valence-electron chi connectivity index (χ1n) is 11.6. The highest BCUT2D eigenvalue weighted by atomic mass is 35.5. The molecular formula is C25H25ClF3N3O2S.